The summed E-state index contributed by atoms with van der Waals surface area (Å²) in [6.45, 7) is 2.81. The minimum absolute atomic E-state index is 0.105. The molecule has 188 valence electrons. The van der Waals surface area contributed by atoms with E-state index in [0.717, 1.165) is 0 Å². The number of nitrogens with zero attached hydrogens (tertiary/aromatic N) is 4. The van der Waals surface area contributed by atoms with Gasteiger partial charge >= 0.3 is 5.57 Å². The summed E-state index contributed by atoms with van der Waals surface area (Å²) in [4.78, 5) is 25.6. The third kappa shape index (κ3) is 5.42. The maximum atomic E-state index is 14.5. The lowest BCUT2D eigenvalue weighted by Crippen LogP contribution is -2.16. The van der Waals surface area contributed by atoms with Gasteiger partial charge in [0.05, 0.1) is 23.7 Å². The molecular formula is C24H21ClF3N5O3. The minimum Gasteiger partial charge on any atom is -0.420 e. The summed E-state index contributed by atoms with van der Waals surface area (Å²) < 4.78 is 46.0. The molecule has 2 atom stereocenters. The van der Waals surface area contributed by atoms with Gasteiger partial charge in [-0.15, -0.1) is 8.78 Å². The fraction of sp³-hybridized carbons (Fsp3) is 0.250. The summed E-state index contributed by atoms with van der Waals surface area (Å²) in [5.41, 5.74) is -1.40. The van der Waals surface area contributed by atoms with Crippen LogP contribution in [0.25, 0.3) is 22.2 Å². The second-order valence-corrected chi connectivity index (χ2v) is 8.47. The van der Waals surface area contributed by atoms with Crippen molar-refractivity contribution in [3.8, 4) is 16.9 Å². The van der Waals surface area contributed by atoms with Crippen LogP contribution >= 0.6 is 11.6 Å². The first-order valence-corrected chi connectivity index (χ1v) is 11.2. The number of aliphatic hydroxyl groups excluding tert-OH is 1. The average molecular weight is 520 g/mol. The largest absolute Gasteiger partial charge is 0.487 e. The second-order valence-electron chi connectivity index (χ2n) is 8.03. The lowest BCUT2D eigenvalue weighted by Gasteiger charge is -2.18. The van der Waals surface area contributed by atoms with Crippen LogP contribution in [0.4, 0.5) is 18.9 Å². The van der Waals surface area contributed by atoms with E-state index >= 15 is 0 Å². The van der Waals surface area contributed by atoms with Gasteiger partial charge in [0.2, 0.25) is 0 Å². The number of imidazole rings is 1. The predicted molar refractivity (Wildman–Crippen MR) is 128 cm³/mol. The van der Waals surface area contributed by atoms with Crippen molar-refractivity contribution in [2.75, 3.05) is 11.9 Å². The molecule has 2 heterocycles. The number of aliphatic hydroxyl groups is 1. The molecule has 2 N–H and O–H groups in total. The van der Waals surface area contributed by atoms with E-state index in [1.54, 1.807) is 30.0 Å². The van der Waals surface area contributed by atoms with E-state index < -0.39 is 23.7 Å². The summed E-state index contributed by atoms with van der Waals surface area (Å²) in [5.74, 6) is -0.600. The molecule has 2 aromatic carbocycles. The number of carbonyl (C=O) groups is 1. The standard InChI is InChI=1S/C24H21ClF3N5O3/c1-13(11-34)33-21-19(16-9-29-12-30-10-16)7-15(8-20(21)32-22(33)14(2)26)23(35)31-17-3-5-18(6-4-17)36-24(25,27)28/h3-10,12-14,34H,11H2,1-2H3,(H,31,35)/t13-,14?/m1/s1. The molecule has 1 unspecified atom stereocenters. The van der Waals surface area contributed by atoms with Crippen LogP contribution in [0.1, 0.15) is 42.2 Å². The number of aromatic nitrogens is 4. The third-order valence-electron chi connectivity index (χ3n) is 5.35. The fourth-order valence-corrected chi connectivity index (χ4v) is 3.88. The van der Waals surface area contributed by atoms with Crippen molar-refractivity contribution in [3.63, 3.8) is 0 Å². The highest BCUT2D eigenvalue weighted by Gasteiger charge is 2.27. The maximum absolute atomic E-state index is 14.5. The fourth-order valence-electron chi connectivity index (χ4n) is 3.79. The number of nitrogens with one attached hydrogen (secondary N) is 1. The van der Waals surface area contributed by atoms with Crippen molar-refractivity contribution in [3.05, 3.63) is 66.5 Å². The monoisotopic (exact) mass is 519 g/mol. The van der Waals surface area contributed by atoms with Gasteiger partial charge in [-0.1, -0.05) is 0 Å². The number of amides is 1. The number of fused-ring (bicyclic) bond motifs is 1. The molecule has 0 spiro atoms. The van der Waals surface area contributed by atoms with Crippen molar-refractivity contribution in [2.45, 2.75) is 31.6 Å². The molecule has 0 bridgehead atoms. The van der Waals surface area contributed by atoms with Gasteiger partial charge in [0.1, 0.15) is 17.9 Å². The van der Waals surface area contributed by atoms with Crippen LogP contribution < -0.4 is 10.1 Å². The van der Waals surface area contributed by atoms with Gasteiger partial charge in [0.15, 0.2) is 6.17 Å². The quantitative estimate of drug-likeness (QED) is 0.298. The van der Waals surface area contributed by atoms with Crippen molar-refractivity contribution in [1.82, 2.24) is 19.5 Å². The normalized spacial score (nSPS) is 13.4. The Labute approximate surface area is 208 Å². The first-order valence-electron chi connectivity index (χ1n) is 10.8. The second kappa shape index (κ2) is 10.1. The molecule has 4 aromatic rings. The van der Waals surface area contributed by atoms with Gasteiger partial charge in [-0.2, -0.15) is 0 Å². The van der Waals surface area contributed by atoms with Gasteiger partial charge in [0.25, 0.3) is 5.91 Å². The Bertz CT molecular complexity index is 1380. The molecule has 8 nitrogen and oxygen atoms in total. The van der Waals surface area contributed by atoms with E-state index in [9.17, 15) is 23.1 Å². The van der Waals surface area contributed by atoms with Crippen molar-refractivity contribution < 1.29 is 27.8 Å². The zero-order chi connectivity index (χ0) is 26.0. The molecule has 12 heteroatoms. The van der Waals surface area contributed by atoms with Crippen LogP contribution in [0.5, 0.6) is 5.75 Å². The van der Waals surface area contributed by atoms with E-state index in [-0.39, 0.29) is 23.7 Å². The number of rotatable bonds is 8. The molecule has 0 aliphatic carbocycles. The summed E-state index contributed by atoms with van der Waals surface area (Å²) in [5, 5.41) is 12.5. The number of alkyl halides is 4. The van der Waals surface area contributed by atoms with E-state index in [0.29, 0.717) is 27.8 Å². The van der Waals surface area contributed by atoms with Gasteiger partial charge in [0, 0.05) is 46.4 Å². The van der Waals surface area contributed by atoms with Gasteiger partial charge in [-0.25, -0.2) is 19.3 Å². The molecule has 0 radical (unpaired) electrons. The predicted octanol–water partition coefficient (Wildman–Crippen LogP) is 5.50. The Morgan fingerprint density at radius 1 is 1.19 bits per heavy atom. The Hall–Kier alpha value is -3.70. The minimum atomic E-state index is -3.86. The number of carbonyl (C=O) groups excluding carboxylic acids is 1. The summed E-state index contributed by atoms with van der Waals surface area (Å²) >= 11 is 4.77. The van der Waals surface area contributed by atoms with E-state index in [1.165, 1.54) is 43.6 Å². The molecule has 0 aliphatic heterocycles. The smallest absolute Gasteiger partial charge is 0.420 e. The molecule has 4 rings (SSSR count). The van der Waals surface area contributed by atoms with Gasteiger partial charge < -0.3 is 19.7 Å². The Morgan fingerprint density at radius 2 is 1.86 bits per heavy atom. The van der Waals surface area contributed by atoms with Crippen LogP contribution in [0.15, 0.2) is 55.1 Å². The summed E-state index contributed by atoms with van der Waals surface area (Å²) in [6.07, 6.45) is 3.01. The maximum Gasteiger partial charge on any atom is 0.487 e. The molecule has 0 aliphatic rings. The van der Waals surface area contributed by atoms with Crippen LogP contribution in [-0.2, 0) is 0 Å². The van der Waals surface area contributed by atoms with Gasteiger partial charge in [-0.05, 0) is 50.2 Å². The highest BCUT2D eigenvalue weighted by molar-refractivity contribution is 6.20. The summed E-state index contributed by atoms with van der Waals surface area (Å²) in [7, 11) is 0. The zero-order valence-electron chi connectivity index (χ0n) is 19.1. The molecular weight excluding hydrogens is 499 g/mol. The number of anilines is 1. The number of hydrogen-bond acceptors (Lipinski definition) is 6. The SMILES string of the molecule is CC(F)c1nc2cc(C(=O)Nc3ccc(OC(F)(F)Cl)cc3)cc(-c3cncnc3)c2n1[C@H](C)CO. The van der Waals surface area contributed by atoms with Crippen LogP contribution in [0.2, 0.25) is 0 Å². The Kier molecular flexibility index (Phi) is 7.14. The van der Waals surface area contributed by atoms with Gasteiger partial charge in [-0.3, -0.25) is 4.79 Å². The van der Waals surface area contributed by atoms with Crippen molar-refractivity contribution in [1.29, 1.82) is 0 Å². The first-order chi connectivity index (χ1) is 17.1. The molecule has 36 heavy (non-hydrogen) atoms. The zero-order valence-corrected chi connectivity index (χ0v) is 19.9. The molecule has 1 amide bonds. The van der Waals surface area contributed by atoms with Crippen LogP contribution in [0.3, 0.4) is 0 Å². The lowest BCUT2D eigenvalue weighted by atomic mass is 10.0. The number of hydrogen-bond donors (Lipinski definition) is 2. The van der Waals surface area contributed by atoms with E-state index in [1.807, 2.05) is 0 Å². The van der Waals surface area contributed by atoms with Crippen molar-refractivity contribution >= 4 is 34.2 Å². The highest BCUT2D eigenvalue weighted by atomic mass is 35.5. The van der Waals surface area contributed by atoms with E-state index in [4.69, 9.17) is 11.6 Å². The number of benzene rings is 2. The van der Waals surface area contributed by atoms with E-state index in [2.05, 4.69) is 25.0 Å². The highest BCUT2D eigenvalue weighted by Crippen LogP contribution is 2.35. The first kappa shape index (κ1) is 25.4. The molecule has 2 aromatic heterocycles. The number of ether oxygens (including phenoxy) is 1. The average Bonchev–Trinajstić information content (AvgIpc) is 3.24. The van der Waals surface area contributed by atoms with Crippen LogP contribution in [-0.4, -0.2) is 42.7 Å². The molecule has 0 saturated heterocycles. The van der Waals surface area contributed by atoms with Crippen molar-refractivity contribution in [2.24, 2.45) is 0 Å². The lowest BCUT2D eigenvalue weighted by molar-refractivity contribution is -0.0964. The number of halogens is 4. The molecule has 0 saturated carbocycles. The Balaban J connectivity index is 1.78. The summed E-state index contributed by atoms with van der Waals surface area (Å²) in [6, 6.07) is 7.82. The Morgan fingerprint density at radius 3 is 2.44 bits per heavy atom. The van der Waals surface area contributed by atoms with Crippen LogP contribution in [0, 0.1) is 0 Å². The topological polar surface area (TPSA) is 102 Å². The third-order valence-corrected chi connectivity index (χ3v) is 5.43. The molecule has 0 fully saturated rings.